The Hall–Kier alpha value is -1.46. The van der Waals surface area contributed by atoms with Gasteiger partial charge in [0, 0.05) is 32.7 Å². The summed E-state index contributed by atoms with van der Waals surface area (Å²) < 4.78 is 16.5. The maximum absolute atomic E-state index is 5.87. The number of likely N-dealkylation sites (N-methyl/N-ethyl adjacent to an activating group) is 1. The van der Waals surface area contributed by atoms with E-state index < -0.39 is 0 Å². The van der Waals surface area contributed by atoms with Crippen LogP contribution in [-0.2, 0) is 0 Å². The monoisotopic (exact) mass is 280 g/mol. The summed E-state index contributed by atoms with van der Waals surface area (Å²) in [6.07, 6.45) is 0. The van der Waals surface area contributed by atoms with E-state index in [0.29, 0.717) is 23.9 Å². The summed E-state index contributed by atoms with van der Waals surface area (Å²) in [5, 5.41) is 0. The van der Waals surface area contributed by atoms with E-state index in [1.807, 2.05) is 18.2 Å². The second-order valence-electron chi connectivity index (χ2n) is 4.99. The Kier molecular flexibility index (Phi) is 5.49. The molecule has 0 radical (unpaired) electrons. The second-order valence-corrected chi connectivity index (χ2v) is 4.99. The van der Waals surface area contributed by atoms with Gasteiger partial charge in [0.1, 0.15) is 6.61 Å². The summed E-state index contributed by atoms with van der Waals surface area (Å²) in [5.41, 5.74) is 0. The highest BCUT2D eigenvalue weighted by molar-refractivity contribution is 5.51. The molecule has 0 aromatic heterocycles. The topological polar surface area (TPSA) is 34.2 Å². The molecule has 20 heavy (non-hydrogen) atoms. The van der Waals surface area contributed by atoms with Crippen LogP contribution >= 0.6 is 0 Å². The lowest BCUT2D eigenvalue weighted by Gasteiger charge is -2.32. The normalized spacial score (nSPS) is 16.9. The Morgan fingerprint density at radius 3 is 2.15 bits per heavy atom. The maximum atomic E-state index is 5.87. The third-order valence-electron chi connectivity index (χ3n) is 3.63. The SMILES string of the molecule is COc1cccc(OC)c1OCCN1CCN(C)CC1. The molecule has 0 unspecified atom stereocenters. The summed E-state index contributed by atoms with van der Waals surface area (Å²) in [7, 11) is 5.44. The molecule has 0 saturated carbocycles. The summed E-state index contributed by atoms with van der Waals surface area (Å²) in [6, 6.07) is 5.66. The van der Waals surface area contributed by atoms with Crippen LogP contribution < -0.4 is 14.2 Å². The van der Waals surface area contributed by atoms with Crippen molar-refractivity contribution in [2.24, 2.45) is 0 Å². The molecule has 0 atom stereocenters. The first-order chi connectivity index (χ1) is 9.74. The third kappa shape index (κ3) is 3.77. The standard InChI is InChI=1S/C15H24N2O3/c1-16-7-9-17(10-8-16)11-12-20-15-13(18-2)5-4-6-14(15)19-3/h4-6H,7-12H2,1-3H3. The number of piperazine rings is 1. The Balaban J connectivity index is 1.87. The van der Waals surface area contributed by atoms with Crippen molar-refractivity contribution in [2.75, 3.05) is 60.6 Å². The van der Waals surface area contributed by atoms with Crippen LogP contribution in [0.3, 0.4) is 0 Å². The number of rotatable bonds is 6. The molecular weight excluding hydrogens is 256 g/mol. The molecule has 0 spiro atoms. The predicted octanol–water partition coefficient (Wildman–Crippen LogP) is 1.33. The van der Waals surface area contributed by atoms with Gasteiger partial charge in [-0.2, -0.15) is 0 Å². The number of benzene rings is 1. The molecule has 0 N–H and O–H groups in total. The zero-order valence-corrected chi connectivity index (χ0v) is 12.6. The molecule has 112 valence electrons. The van der Waals surface area contributed by atoms with Crippen LogP contribution in [-0.4, -0.2) is 70.4 Å². The third-order valence-corrected chi connectivity index (χ3v) is 3.63. The first kappa shape index (κ1) is 14.9. The molecule has 1 aliphatic rings. The van der Waals surface area contributed by atoms with Crippen molar-refractivity contribution in [2.45, 2.75) is 0 Å². The van der Waals surface area contributed by atoms with Gasteiger partial charge in [-0.05, 0) is 19.2 Å². The van der Waals surface area contributed by atoms with Gasteiger partial charge in [0.2, 0.25) is 5.75 Å². The quantitative estimate of drug-likeness (QED) is 0.785. The smallest absolute Gasteiger partial charge is 0.203 e. The molecule has 0 amide bonds. The van der Waals surface area contributed by atoms with Crippen molar-refractivity contribution in [1.82, 2.24) is 9.80 Å². The Morgan fingerprint density at radius 1 is 1.00 bits per heavy atom. The second kappa shape index (κ2) is 7.36. The van der Waals surface area contributed by atoms with Crippen LogP contribution in [0.2, 0.25) is 0 Å². The van der Waals surface area contributed by atoms with Gasteiger partial charge in [-0.1, -0.05) is 6.07 Å². The number of hydrogen-bond acceptors (Lipinski definition) is 5. The molecule has 1 saturated heterocycles. The fraction of sp³-hybridized carbons (Fsp3) is 0.600. The molecule has 5 nitrogen and oxygen atoms in total. The molecule has 2 rings (SSSR count). The minimum atomic E-state index is 0.639. The maximum Gasteiger partial charge on any atom is 0.203 e. The van der Waals surface area contributed by atoms with E-state index in [9.17, 15) is 0 Å². The van der Waals surface area contributed by atoms with Gasteiger partial charge < -0.3 is 19.1 Å². The summed E-state index contributed by atoms with van der Waals surface area (Å²) >= 11 is 0. The van der Waals surface area contributed by atoms with E-state index in [1.165, 1.54) is 0 Å². The lowest BCUT2D eigenvalue weighted by atomic mass is 10.3. The van der Waals surface area contributed by atoms with E-state index in [4.69, 9.17) is 14.2 Å². The van der Waals surface area contributed by atoms with E-state index in [-0.39, 0.29) is 0 Å². The van der Waals surface area contributed by atoms with Crippen LogP contribution in [0.15, 0.2) is 18.2 Å². The minimum Gasteiger partial charge on any atom is -0.493 e. The summed E-state index contributed by atoms with van der Waals surface area (Å²) in [4.78, 5) is 4.77. The molecule has 1 aromatic carbocycles. The fourth-order valence-electron chi connectivity index (χ4n) is 2.31. The molecule has 1 heterocycles. The molecule has 0 aliphatic carbocycles. The molecule has 5 heteroatoms. The summed E-state index contributed by atoms with van der Waals surface area (Å²) in [6.45, 7) is 6.01. The highest BCUT2D eigenvalue weighted by Gasteiger charge is 2.15. The van der Waals surface area contributed by atoms with Crippen LogP contribution in [0.25, 0.3) is 0 Å². The zero-order valence-electron chi connectivity index (χ0n) is 12.6. The van der Waals surface area contributed by atoms with Crippen molar-refractivity contribution in [3.63, 3.8) is 0 Å². The van der Waals surface area contributed by atoms with Crippen LogP contribution in [0.4, 0.5) is 0 Å². The number of hydrogen-bond donors (Lipinski definition) is 0. The van der Waals surface area contributed by atoms with Crippen molar-refractivity contribution in [3.05, 3.63) is 18.2 Å². The summed E-state index contributed by atoms with van der Waals surface area (Å²) in [5.74, 6) is 2.11. The molecule has 1 aromatic rings. The highest BCUT2D eigenvalue weighted by atomic mass is 16.5. The Labute approximate surface area is 121 Å². The first-order valence-corrected chi connectivity index (χ1v) is 6.99. The van der Waals surface area contributed by atoms with Crippen LogP contribution in [0, 0.1) is 0 Å². The zero-order chi connectivity index (χ0) is 14.4. The molecular formula is C15H24N2O3. The van der Waals surface area contributed by atoms with Gasteiger partial charge in [-0.15, -0.1) is 0 Å². The van der Waals surface area contributed by atoms with Gasteiger partial charge in [-0.3, -0.25) is 4.90 Å². The van der Waals surface area contributed by atoms with Crippen molar-refractivity contribution in [1.29, 1.82) is 0 Å². The van der Waals surface area contributed by atoms with Gasteiger partial charge in [0.15, 0.2) is 11.5 Å². The van der Waals surface area contributed by atoms with Gasteiger partial charge in [0.05, 0.1) is 14.2 Å². The van der Waals surface area contributed by atoms with Crippen molar-refractivity contribution < 1.29 is 14.2 Å². The number of para-hydroxylation sites is 1. The van der Waals surface area contributed by atoms with Crippen molar-refractivity contribution in [3.8, 4) is 17.2 Å². The van der Waals surface area contributed by atoms with Crippen LogP contribution in [0.1, 0.15) is 0 Å². The number of methoxy groups -OCH3 is 2. The van der Waals surface area contributed by atoms with Crippen LogP contribution in [0.5, 0.6) is 17.2 Å². The predicted molar refractivity (Wildman–Crippen MR) is 79.0 cm³/mol. The lowest BCUT2D eigenvalue weighted by Crippen LogP contribution is -2.45. The average molecular weight is 280 g/mol. The van der Waals surface area contributed by atoms with E-state index in [1.54, 1.807) is 14.2 Å². The van der Waals surface area contributed by atoms with E-state index >= 15 is 0 Å². The van der Waals surface area contributed by atoms with Gasteiger partial charge in [0.25, 0.3) is 0 Å². The highest BCUT2D eigenvalue weighted by Crippen LogP contribution is 2.36. The van der Waals surface area contributed by atoms with Gasteiger partial charge in [-0.25, -0.2) is 0 Å². The molecule has 0 bridgehead atoms. The van der Waals surface area contributed by atoms with Crippen molar-refractivity contribution >= 4 is 0 Å². The number of nitrogens with zero attached hydrogens (tertiary/aromatic N) is 2. The first-order valence-electron chi connectivity index (χ1n) is 6.99. The largest absolute Gasteiger partial charge is 0.493 e. The van der Waals surface area contributed by atoms with E-state index in [0.717, 1.165) is 32.7 Å². The molecule has 1 fully saturated rings. The number of ether oxygens (including phenoxy) is 3. The Morgan fingerprint density at radius 2 is 1.60 bits per heavy atom. The van der Waals surface area contributed by atoms with Gasteiger partial charge >= 0.3 is 0 Å². The fourth-order valence-corrected chi connectivity index (χ4v) is 2.31. The van der Waals surface area contributed by atoms with E-state index in [2.05, 4.69) is 16.8 Å². The minimum absolute atomic E-state index is 0.639. The Bertz CT molecular complexity index is 395. The average Bonchev–Trinajstić information content (AvgIpc) is 2.49. The molecule has 1 aliphatic heterocycles. The lowest BCUT2D eigenvalue weighted by molar-refractivity contribution is 0.131.